The molecule has 0 bridgehead atoms. The average Bonchev–Trinajstić information content (AvgIpc) is 3.51. The Morgan fingerprint density at radius 2 is 2.06 bits per heavy atom. The SMILES string of the molecule is Cc1cnc(NCCC2(C)CCN(C)CC2)nc1-c1cc2c(C(=O)NC3CC3)cccc2s1. The Morgan fingerprint density at radius 3 is 2.82 bits per heavy atom. The predicted molar refractivity (Wildman–Crippen MR) is 136 cm³/mol. The summed E-state index contributed by atoms with van der Waals surface area (Å²) in [5, 5.41) is 7.58. The number of thiophene rings is 1. The smallest absolute Gasteiger partial charge is 0.252 e. The van der Waals surface area contributed by atoms with Crippen molar-refractivity contribution in [3.63, 3.8) is 0 Å². The molecule has 5 rings (SSSR count). The zero-order chi connectivity index (χ0) is 23.0. The van der Waals surface area contributed by atoms with Gasteiger partial charge in [0.25, 0.3) is 5.91 Å². The molecule has 3 aromatic rings. The van der Waals surface area contributed by atoms with E-state index in [-0.39, 0.29) is 5.91 Å². The summed E-state index contributed by atoms with van der Waals surface area (Å²) in [5.74, 6) is 0.702. The maximum Gasteiger partial charge on any atom is 0.252 e. The molecule has 0 spiro atoms. The lowest BCUT2D eigenvalue weighted by atomic mass is 9.78. The van der Waals surface area contributed by atoms with E-state index in [1.165, 1.54) is 25.9 Å². The van der Waals surface area contributed by atoms with Crippen molar-refractivity contribution in [2.75, 3.05) is 32.0 Å². The highest BCUT2D eigenvalue weighted by atomic mass is 32.1. The van der Waals surface area contributed by atoms with Gasteiger partial charge in [-0.3, -0.25) is 4.79 Å². The van der Waals surface area contributed by atoms with Gasteiger partial charge in [-0.15, -0.1) is 11.3 Å². The van der Waals surface area contributed by atoms with Crippen LogP contribution in [0.2, 0.25) is 0 Å². The number of nitrogens with zero attached hydrogens (tertiary/aromatic N) is 3. The number of aryl methyl sites for hydroxylation is 1. The lowest BCUT2D eigenvalue weighted by Gasteiger charge is -2.38. The molecule has 1 aromatic carbocycles. The summed E-state index contributed by atoms with van der Waals surface area (Å²) >= 11 is 1.68. The van der Waals surface area contributed by atoms with Gasteiger partial charge < -0.3 is 15.5 Å². The first-order valence-electron chi connectivity index (χ1n) is 12.0. The van der Waals surface area contributed by atoms with Gasteiger partial charge in [0, 0.05) is 34.4 Å². The van der Waals surface area contributed by atoms with E-state index in [0.717, 1.165) is 57.6 Å². The van der Waals surface area contributed by atoms with Gasteiger partial charge in [0.05, 0.1) is 10.6 Å². The number of carbonyl (C=O) groups is 1. The van der Waals surface area contributed by atoms with E-state index in [1.807, 2.05) is 25.3 Å². The number of anilines is 1. The Hall–Kier alpha value is -2.51. The van der Waals surface area contributed by atoms with Gasteiger partial charge in [0.1, 0.15) is 0 Å². The highest BCUT2D eigenvalue weighted by Crippen LogP contribution is 2.37. The summed E-state index contributed by atoms with van der Waals surface area (Å²) in [6.07, 6.45) is 7.67. The number of likely N-dealkylation sites (tertiary alicyclic amines) is 1. The lowest BCUT2D eigenvalue weighted by Crippen LogP contribution is -2.37. The number of nitrogens with one attached hydrogen (secondary N) is 2. The molecular formula is C26H33N5OS. The molecule has 1 amide bonds. The third-order valence-electron chi connectivity index (χ3n) is 7.13. The Morgan fingerprint density at radius 1 is 1.27 bits per heavy atom. The zero-order valence-electron chi connectivity index (χ0n) is 19.8. The van der Waals surface area contributed by atoms with Crippen LogP contribution in [0.4, 0.5) is 5.95 Å². The third-order valence-corrected chi connectivity index (χ3v) is 8.24. The molecule has 0 atom stereocenters. The second-order valence-electron chi connectivity index (χ2n) is 10.1. The standard InChI is InChI=1S/C26H33N5OS/c1-17-16-28-25(27-12-9-26(2)10-13-31(3)14-11-26)30-23(17)22-15-20-19(5-4-6-21(20)33-22)24(32)29-18-7-8-18/h4-6,15-16,18H,7-14H2,1-3H3,(H,29,32)(H,27,28,30). The van der Waals surface area contributed by atoms with Gasteiger partial charge in [-0.2, -0.15) is 0 Å². The Labute approximate surface area is 199 Å². The molecule has 0 radical (unpaired) electrons. The molecule has 2 N–H and O–H groups in total. The van der Waals surface area contributed by atoms with Gasteiger partial charge in [0.15, 0.2) is 0 Å². The molecule has 33 heavy (non-hydrogen) atoms. The van der Waals surface area contributed by atoms with E-state index < -0.39 is 0 Å². The van der Waals surface area contributed by atoms with Crippen molar-refractivity contribution in [2.45, 2.75) is 52.0 Å². The molecule has 6 nitrogen and oxygen atoms in total. The van der Waals surface area contributed by atoms with E-state index in [0.29, 0.717) is 17.4 Å². The van der Waals surface area contributed by atoms with Gasteiger partial charge in [0.2, 0.25) is 5.95 Å². The first-order chi connectivity index (χ1) is 15.9. The van der Waals surface area contributed by atoms with Crippen LogP contribution in [-0.2, 0) is 0 Å². The minimum absolute atomic E-state index is 0.0246. The van der Waals surface area contributed by atoms with E-state index in [4.69, 9.17) is 4.98 Å². The Bertz CT molecular complexity index is 1160. The molecule has 1 saturated heterocycles. The topological polar surface area (TPSA) is 70.2 Å². The minimum atomic E-state index is 0.0246. The van der Waals surface area contributed by atoms with Crippen LogP contribution in [-0.4, -0.2) is 53.5 Å². The third kappa shape index (κ3) is 5.04. The molecule has 2 aliphatic rings. The number of carbonyl (C=O) groups excluding carboxylic acids is 1. The van der Waals surface area contributed by atoms with Crippen molar-refractivity contribution in [1.82, 2.24) is 20.2 Å². The monoisotopic (exact) mass is 463 g/mol. The number of fused-ring (bicyclic) bond motifs is 1. The summed E-state index contributed by atoms with van der Waals surface area (Å²) < 4.78 is 1.11. The van der Waals surface area contributed by atoms with E-state index in [2.05, 4.69) is 46.6 Å². The quantitative estimate of drug-likeness (QED) is 0.511. The van der Waals surface area contributed by atoms with Crippen molar-refractivity contribution in [3.8, 4) is 10.6 Å². The average molecular weight is 464 g/mol. The van der Waals surface area contributed by atoms with Crippen molar-refractivity contribution >= 4 is 33.3 Å². The number of hydrogen-bond acceptors (Lipinski definition) is 6. The fraction of sp³-hybridized carbons (Fsp3) is 0.500. The van der Waals surface area contributed by atoms with Crippen molar-refractivity contribution < 1.29 is 4.79 Å². The second-order valence-corrected chi connectivity index (χ2v) is 11.2. The van der Waals surface area contributed by atoms with Crippen LogP contribution in [0.15, 0.2) is 30.5 Å². The molecule has 2 fully saturated rings. The van der Waals surface area contributed by atoms with Crippen LogP contribution >= 0.6 is 11.3 Å². The van der Waals surface area contributed by atoms with Gasteiger partial charge in [-0.05, 0) is 88.3 Å². The summed E-state index contributed by atoms with van der Waals surface area (Å²) in [7, 11) is 2.20. The summed E-state index contributed by atoms with van der Waals surface area (Å²) in [6, 6.07) is 8.42. The number of hydrogen-bond donors (Lipinski definition) is 2. The summed E-state index contributed by atoms with van der Waals surface area (Å²) in [4.78, 5) is 25.6. The van der Waals surface area contributed by atoms with E-state index in [1.54, 1.807) is 11.3 Å². The van der Waals surface area contributed by atoms with Gasteiger partial charge in [-0.1, -0.05) is 13.0 Å². The van der Waals surface area contributed by atoms with Crippen LogP contribution in [0.3, 0.4) is 0 Å². The molecular weight excluding hydrogens is 430 g/mol. The molecule has 2 aromatic heterocycles. The molecule has 7 heteroatoms. The first-order valence-corrected chi connectivity index (χ1v) is 12.8. The van der Waals surface area contributed by atoms with Crippen LogP contribution < -0.4 is 10.6 Å². The Balaban J connectivity index is 1.33. The van der Waals surface area contributed by atoms with Crippen molar-refractivity contribution in [2.24, 2.45) is 5.41 Å². The van der Waals surface area contributed by atoms with E-state index >= 15 is 0 Å². The number of aromatic nitrogens is 2. The second kappa shape index (κ2) is 9.03. The van der Waals surface area contributed by atoms with Crippen LogP contribution in [0.5, 0.6) is 0 Å². The lowest BCUT2D eigenvalue weighted by molar-refractivity contribution is 0.0952. The zero-order valence-corrected chi connectivity index (χ0v) is 20.6. The molecule has 3 heterocycles. The minimum Gasteiger partial charge on any atom is -0.354 e. The van der Waals surface area contributed by atoms with Crippen LogP contribution in [0.1, 0.15) is 54.9 Å². The largest absolute Gasteiger partial charge is 0.354 e. The number of piperidine rings is 1. The summed E-state index contributed by atoms with van der Waals surface area (Å²) in [5.41, 5.74) is 3.11. The number of benzene rings is 1. The molecule has 1 aliphatic heterocycles. The highest BCUT2D eigenvalue weighted by molar-refractivity contribution is 7.22. The van der Waals surface area contributed by atoms with Gasteiger partial charge >= 0.3 is 0 Å². The molecule has 174 valence electrons. The normalized spacial score (nSPS) is 18.4. The fourth-order valence-corrected chi connectivity index (χ4v) is 5.67. The number of rotatable bonds is 7. The van der Waals surface area contributed by atoms with E-state index in [9.17, 15) is 4.79 Å². The van der Waals surface area contributed by atoms with Crippen molar-refractivity contribution in [1.29, 1.82) is 0 Å². The van der Waals surface area contributed by atoms with Gasteiger partial charge in [-0.25, -0.2) is 9.97 Å². The maximum absolute atomic E-state index is 12.7. The van der Waals surface area contributed by atoms with Crippen molar-refractivity contribution in [3.05, 3.63) is 41.6 Å². The fourth-order valence-electron chi connectivity index (χ4n) is 4.53. The van der Waals surface area contributed by atoms with Crippen LogP contribution in [0.25, 0.3) is 20.7 Å². The molecule has 1 saturated carbocycles. The summed E-state index contributed by atoms with van der Waals surface area (Å²) in [6.45, 7) is 7.67. The maximum atomic E-state index is 12.7. The first kappa shape index (κ1) is 22.3. The predicted octanol–water partition coefficient (Wildman–Crippen LogP) is 5.09. The molecule has 1 aliphatic carbocycles. The molecule has 0 unspecified atom stereocenters. The number of amides is 1. The Kier molecular flexibility index (Phi) is 6.10. The van der Waals surface area contributed by atoms with Crippen LogP contribution in [0, 0.1) is 12.3 Å². The highest BCUT2D eigenvalue weighted by Gasteiger charge is 2.28.